The van der Waals surface area contributed by atoms with Crippen molar-refractivity contribution in [2.75, 3.05) is 0 Å². The van der Waals surface area contributed by atoms with E-state index in [4.69, 9.17) is 4.74 Å². The maximum absolute atomic E-state index is 10.8. The Morgan fingerprint density at radius 1 is 1.27 bits per heavy atom. The Morgan fingerprint density at radius 2 is 1.96 bits per heavy atom. The molecule has 0 bridgehead atoms. The zero-order chi connectivity index (χ0) is 19.1. The molecule has 2 aliphatic rings. The van der Waals surface area contributed by atoms with Crippen molar-refractivity contribution in [3.05, 3.63) is 41.0 Å². The van der Waals surface area contributed by atoms with Gasteiger partial charge in [0.05, 0.1) is 5.60 Å². The van der Waals surface area contributed by atoms with Gasteiger partial charge in [0, 0.05) is 17.4 Å². The number of aromatic hydroxyl groups is 1. The fourth-order valence-corrected chi connectivity index (χ4v) is 4.42. The van der Waals surface area contributed by atoms with Gasteiger partial charge in [-0.15, -0.1) is 0 Å². The first kappa shape index (κ1) is 19.0. The van der Waals surface area contributed by atoms with Gasteiger partial charge in [-0.2, -0.15) is 0 Å². The Morgan fingerprint density at radius 3 is 2.62 bits per heavy atom. The molecule has 0 fully saturated rings. The lowest BCUT2D eigenvalue weighted by atomic mass is 9.67. The van der Waals surface area contributed by atoms with Crippen LogP contribution in [0.1, 0.15) is 77.3 Å². The molecule has 2 atom stereocenters. The third kappa shape index (κ3) is 3.42. The molecule has 1 aliphatic carbocycles. The molecule has 1 aliphatic heterocycles. The van der Waals surface area contributed by atoms with Gasteiger partial charge in [-0.1, -0.05) is 37.6 Å². The molecule has 1 heterocycles. The standard InChI is InChI=1S/C23H32O3/c1-6-23(25,7-2)11-10-16-13-19(24)21-17-12-15(3)8-9-18(17)22(4,5)26-20(21)14-16/h8,10-11,13-14,17-18,24-25H,6-7,9,12H2,1-5H3/b11-10+. The SMILES string of the molecule is CCC(O)(/C=C/c1cc(O)c2c(c1)OC(C)(C)C1CC=C(C)CC21)CC. The molecule has 2 unspecified atom stereocenters. The van der Waals surface area contributed by atoms with Crippen molar-refractivity contribution < 1.29 is 14.9 Å². The largest absolute Gasteiger partial charge is 0.507 e. The van der Waals surface area contributed by atoms with Crippen LogP contribution in [-0.2, 0) is 0 Å². The van der Waals surface area contributed by atoms with Crippen LogP contribution in [0.5, 0.6) is 11.5 Å². The van der Waals surface area contributed by atoms with Gasteiger partial charge < -0.3 is 14.9 Å². The van der Waals surface area contributed by atoms with E-state index in [1.807, 2.05) is 32.1 Å². The minimum Gasteiger partial charge on any atom is -0.507 e. The predicted molar refractivity (Wildman–Crippen MR) is 107 cm³/mol. The van der Waals surface area contributed by atoms with E-state index >= 15 is 0 Å². The lowest BCUT2D eigenvalue weighted by Gasteiger charge is -2.47. The van der Waals surface area contributed by atoms with Gasteiger partial charge in [-0.05, 0) is 64.2 Å². The maximum atomic E-state index is 10.8. The van der Waals surface area contributed by atoms with Crippen molar-refractivity contribution in [3.8, 4) is 11.5 Å². The van der Waals surface area contributed by atoms with Gasteiger partial charge >= 0.3 is 0 Å². The van der Waals surface area contributed by atoms with Gasteiger partial charge in [0.15, 0.2) is 0 Å². The van der Waals surface area contributed by atoms with Crippen molar-refractivity contribution in [1.82, 2.24) is 0 Å². The monoisotopic (exact) mass is 356 g/mol. The maximum Gasteiger partial charge on any atom is 0.127 e. The van der Waals surface area contributed by atoms with Gasteiger partial charge in [0.25, 0.3) is 0 Å². The summed E-state index contributed by atoms with van der Waals surface area (Å²) in [5.74, 6) is 1.75. The number of hydrogen-bond acceptors (Lipinski definition) is 3. The highest BCUT2D eigenvalue weighted by molar-refractivity contribution is 5.61. The first-order valence-electron chi connectivity index (χ1n) is 9.82. The molecular formula is C23H32O3. The summed E-state index contributed by atoms with van der Waals surface area (Å²) in [5, 5.41) is 21.3. The number of hydrogen-bond donors (Lipinski definition) is 2. The molecule has 0 aromatic heterocycles. The fraction of sp³-hybridized carbons (Fsp3) is 0.565. The van der Waals surface area contributed by atoms with Crippen LogP contribution in [0.4, 0.5) is 0 Å². The summed E-state index contributed by atoms with van der Waals surface area (Å²) in [5.41, 5.74) is 2.12. The van der Waals surface area contributed by atoms with Crippen molar-refractivity contribution in [1.29, 1.82) is 0 Å². The van der Waals surface area contributed by atoms with E-state index in [-0.39, 0.29) is 5.60 Å². The Bertz CT molecular complexity index is 738. The highest BCUT2D eigenvalue weighted by Gasteiger charge is 2.45. The Hall–Kier alpha value is -1.74. The summed E-state index contributed by atoms with van der Waals surface area (Å²) < 4.78 is 6.34. The molecule has 3 heteroatoms. The zero-order valence-corrected chi connectivity index (χ0v) is 16.7. The Labute approximate surface area is 157 Å². The van der Waals surface area contributed by atoms with Crippen LogP contribution in [0.3, 0.4) is 0 Å². The molecule has 0 radical (unpaired) electrons. The topological polar surface area (TPSA) is 49.7 Å². The van der Waals surface area contributed by atoms with E-state index < -0.39 is 5.60 Å². The molecule has 2 N–H and O–H groups in total. The van der Waals surface area contributed by atoms with Gasteiger partial charge in [-0.3, -0.25) is 0 Å². The van der Waals surface area contributed by atoms with Gasteiger partial charge in [0.2, 0.25) is 0 Å². The van der Waals surface area contributed by atoms with Crippen LogP contribution in [0.2, 0.25) is 0 Å². The molecule has 1 aromatic rings. The minimum atomic E-state index is -0.804. The summed E-state index contributed by atoms with van der Waals surface area (Å²) in [6, 6.07) is 3.80. The van der Waals surface area contributed by atoms with Crippen LogP contribution in [-0.4, -0.2) is 21.4 Å². The Balaban J connectivity index is 2.01. The lowest BCUT2D eigenvalue weighted by molar-refractivity contribution is 0.00759. The van der Waals surface area contributed by atoms with Crippen LogP contribution in [0, 0.1) is 5.92 Å². The highest BCUT2D eigenvalue weighted by atomic mass is 16.5. The average Bonchev–Trinajstić information content (AvgIpc) is 2.58. The second kappa shape index (κ2) is 6.77. The molecule has 3 nitrogen and oxygen atoms in total. The van der Waals surface area contributed by atoms with E-state index in [1.165, 1.54) is 5.57 Å². The van der Waals surface area contributed by atoms with Crippen molar-refractivity contribution in [2.24, 2.45) is 5.92 Å². The summed E-state index contributed by atoms with van der Waals surface area (Å²) in [6.45, 7) is 10.4. The number of allylic oxidation sites excluding steroid dienone is 2. The molecule has 0 amide bonds. The number of ether oxygens (including phenoxy) is 1. The van der Waals surface area contributed by atoms with Crippen LogP contribution >= 0.6 is 0 Å². The second-order valence-corrected chi connectivity index (χ2v) is 8.50. The molecule has 0 spiro atoms. The summed E-state index contributed by atoms with van der Waals surface area (Å²) in [6.07, 6.45) is 9.32. The molecule has 1 aromatic carbocycles. The van der Waals surface area contributed by atoms with E-state index in [0.717, 1.165) is 29.7 Å². The van der Waals surface area contributed by atoms with E-state index in [0.29, 0.717) is 30.4 Å². The quantitative estimate of drug-likeness (QED) is 0.694. The summed E-state index contributed by atoms with van der Waals surface area (Å²) >= 11 is 0. The summed E-state index contributed by atoms with van der Waals surface area (Å²) in [4.78, 5) is 0. The third-order valence-electron chi connectivity index (χ3n) is 6.34. The van der Waals surface area contributed by atoms with Crippen molar-refractivity contribution in [2.45, 2.75) is 77.4 Å². The van der Waals surface area contributed by atoms with Crippen molar-refractivity contribution in [3.63, 3.8) is 0 Å². The molecule has 0 saturated carbocycles. The number of aliphatic hydroxyl groups is 1. The first-order valence-corrected chi connectivity index (χ1v) is 9.82. The van der Waals surface area contributed by atoms with E-state index in [2.05, 4.69) is 26.8 Å². The first-order chi connectivity index (χ1) is 12.2. The molecule has 3 rings (SSSR count). The molecule has 26 heavy (non-hydrogen) atoms. The molecule has 0 saturated heterocycles. The predicted octanol–water partition coefficient (Wildman–Crippen LogP) is 5.57. The zero-order valence-electron chi connectivity index (χ0n) is 16.7. The third-order valence-corrected chi connectivity index (χ3v) is 6.34. The number of fused-ring (bicyclic) bond motifs is 3. The Kier molecular flexibility index (Phi) is 4.96. The molecular weight excluding hydrogens is 324 g/mol. The number of benzene rings is 1. The van der Waals surface area contributed by atoms with Gasteiger partial charge in [-0.25, -0.2) is 0 Å². The number of phenols is 1. The highest BCUT2D eigenvalue weighted by Crippen LogP contribution is 2.54. The van der Waals surface area contributed by atoms with Crippen LogP contribution in [0.15, 0.2) is 29.9 Å². The number of phenolic OH excluding ortho intramolecular Hbond substituents is 1. The van der Waals surface area contributed by atoms with Gasteiger partial charge in [0.1, 0.15) is 17.1 Å². The summed E-state index contributed by atoms with van der Waals surface area (Å²) in [7, 11) is 0. The average molecular weight is 357 g/mol. The number of rotatable bonds is 4. The lowest BCUT2D eigenvalue weighted by Crippen LogP contribution is -2.45. The van der Waals surface area contributed by atoms with Crippen LogP contribution in [0.25, 0.3) is 6.08 Å². The van der Waals surface area contributed by atoms with Crippen molar-refractivity contribution >= 4 is 6.08 Å². The smallest absolute Gasteiger partial charge is 0.127 e. The minimum absolute atomic E-state index is 0.267. The molecule has 142 valence electrons. The van der Waals surface area contributed by atoms with E-state index in [9.17, 15) is 10.2 Å². The fourth-order valence-electron chi connectivity index (χ4n) is 4.42. The normalized spacial score (nSPS) is 24.6. The van der Waals surface area contributed by atoms with E-state index in [1.54, 1.807) is 6.07 Å². The van der Waals surface area contributed by atoms with Crippen LogP contribution < -0.4 is 4.74 Å². The second-order valence-electron chi connectivity index (χ2n) is 8.50.